The first-order chi connectivity index (χ1) is 9.31. The molecule has 1 aromatic heterocycles. The lowest BCUT2D eigenvalue weighted by molar-refractivity contribution is 0.306. The molecule has 0 spiro atoms. The lowest BCUT2D eigenvalue weighted by Gasteiger charge is -2.07. The predicted octanol–water partition coefficient (Wildman–Crippen LogP) is 4.58. The summed E-state index contributed by atoms with van der Waals surface area (Å²) >= 11 is 3.41. The number of ether oxygens (including phenoxy) is 1. The van der Waals surface area contributed by atoms with Crippen molar-refractivity contribution in [1.29, 1.82) is 0 Å². The number of nitrogens with zero attached hydrogens (tertiary/aromatic N) is 1. The van der Waals surface area contributed by atoms with Crippen molar-refractivity contribution in [1.82, 2.24) is 4.98 Å². The van der Waals surface area contributed by atoms with Crippen molar-refractivity contribution >= 4 is 26.8 Å². The third kappa shape index (κ3) is 2.93. The van der Waals surface area contributed by atoms with E-state index < -0.39 is 0 Å². The lowest BCUT2D eigenvalue weighted by Crippen LogP contribution is -1.95. The van der Waals surface area contributed by atoms with Gasteiger partial charge in [0.15, 0.2) is 0 Å². The summed E-state index contributed by atoms with van der Waals surface area (Å²) in [6.45, 7) is 0.562. The van der Waals surface area contributed by atoms with Crippen LogP contribution in [-0.2, 0) is 6.61 Å². The lowest BCUT2D eigenvalue weighted by atomic mass is 10.1. The van der Waals surface area contributed by atoms with Crippen LogP contribution in [0.1, 0.15) is 5.56 Å². The van der Waals surface area contributed by atoms with Gasteiger partial charge < -0.3 is 4.74 Å². The number of hydrogen-bond donors (Lipinski definition) is 0. The number of rotatable bonds is 3. The maximum absolute atomic E-state index is 5.75. The number of halogens is 1. The topological polar surface area (TPSA) is 22.1 Å². The second kappa shape index (κ2) is 5.41. The molecule has 0 aliphatic heterocycles. The number of hydrogen-bond acceptors (Lipinski definition) is 2. The molecule has 0 radical (unpaired) electrons. The van der Waals surface area contributed by atoms with E-state index in [-0.39, 0.29) is 0 Å². The quantitative estimate of drug-likeness (QED) is 0.706. The van der Waals surface area contributed by atoms with Crippen LogP contribution in [0.25, 0.3) is 10.9 Å². The maximum Gasteiger partial charge on any atom is 0.119 e. The third-order valence-electron chi connectivity index (χ3n) is 2.89. The van der Waals surface area contributed by atoms with Gasteiger partial charge in [-0.25, -0.2) is 0 Å². The largest absolute Gasteiger partial charge is 0.489 e. The minimum atomic E-state index is 0.562. The fourth-order valence-electron chi connectivity index (χ4n) is 1.91. The van der Waals surface area contributed by atoms with Crippen molar-refractivity contribution in [3.63, 3.8) is 0 Å². The normalized spacial score (nSPS) is 10.6. The minimum Gasteiger partial charge on any atom is -0.489 e. The average Bonchev–Trinajstić information content (AvgIpc) is 2.46. The Morgan fingerprint density at radius 3 is 2.68 bits per heavy atom. The van der Waals surface area contributed by atoms with Crippen LogP contribution < -0.4 is 4.74 Å². The molecule has 19 heavy (non-hydrogen) atoms. The molecule has 3 aromatic rings. The van der Waals surface area contributed by atoms with Crippen molar-refractivity contribution in [3.8, 4) is 5.75 Å². The van der Waals surface area contributed by atoms with Crippen molar-refractivity contribution < 1.29 is 4.74 Å². The van der Waals surface area contributed by atoms with Gasteiger partial charge >= 0.3 is 0 Å². The molecular weight excluding hydrogens is 302 g/mol. The highest BCUT2D eigenvalue weighted by Gasteiger charge is 1.99. The maximum atomic E-state index is 5.75. The summed E-state index contributed by atoms with van der Waals surface area (Å²) in [7, 11) is 0. The molecule has 3 rings (SSSR count). The van der Waals surface area contributed by atoms with Crippen LogP contribution >= 0.6 is 15.9 Å². The summed E-state index contributed by atoms with van der Waals surface area (Å²) < 4.78 is 6.81. The molecule has 3 heteroatoms. The van der Waals surface area contributed by atoms with Crippen LogP contribution in [0.5, 0.6) is 5.75 Å². The summed E-state index contributed by atoms with van der Waals surface area (Å²) in [5.41, 5.74) is 2.15. The van der Waals surface area contributed by atoms with E-state index in [0.717, 1.165) is 26.7 Å². The van der Waals surface area contributed by atoms with Crippen LogP contribution in [0.3, 0.4) is 0 Å². The first-order valence-corrected chi connectivity index (χ1v) is 6.82. The molecule has 0 saturated heterocycles. The van der Waals surface area contributed by atoms with Gasteiger partial charge in [-0.05, 0) is 48.0 Å². The zero-order chi connectivity index (χ0) is 13.1. The predicted molar refractivity (Wildman–Crippen MR) is 80.2 cm³/mol. The molecule has 0 bridgehead atoms. The molecule has 0 aliphatic carbocycles. The number of benzene rings is 2. The Hall–Kier alpha value is -1.87. The van der Waals surface area contributed by atoms with Crippen LogP contribution in [0, 0.1) is 0 Å². The standard InChI is InChI=1S/C16H12BrNO/c17-14-4-6-15(7-5-14)19-11-12-3-8-16-13(10-12)2-1-9-18-16/h1-10H,11H2. The summed E-state index contributed by atoms with van der Waals surface area (Å²) in [5.74, 6) is 0.870. The SMILES string of the molecule is Brc1ccc(OCc2ccc3ncccc3c2)cc1. The van der Waals surface area contributed by atoms with Gasteiger partial charge in [0.1, 0.15) is 12.4 Å². The zero-order valence-electron chi connectivity index (χ0n) is 10.2. The first kappa shape index (κ1) is 12.2. The van der Waals surface area contributed by atoms with E-state index in [4.69, 9.17) is 4.74 Å². The van der Waals surface area contributed by atoms with Gasteiger partial charge in [-0.3, -0.25) is 4.98 Å². The van der Waals surface area contributed by atoms with Crippen molar-refractivity contribution in [2.75, 3.05) is 0 Å². The first-order valence-electron chi connectivity index (χ1n) is 6.03. The fraction of sp³-hybridized carbons (Fsp3) is 0.0625. The molecule has 2 aromatic carbocycles. The second-order valence-corrected chi connectivity index (χ2v) is 5.19. The summed E-state index contributed by atoms with van der Waals surface area (Å²) in [6.07, 6.45) is 1.81. The van der Waals surface area contributed by atoms with E-state index in [1.165, 1.54) is 0 Å². The Morgan fingerprint density at radius 1 is 1.00 bits per heavy atom. The fourth-order valence-corrected chi connectivity index (χ4v) is 2.18. The van der Waals surface area contributed by atoms with E-state index in [9.17, 15) is 0 Å². The van der Waals surface area contributed by atoms with Crippen LogP contribution in [0.15, 0.2) is 65.3 Å². The molecule has 0 N–H and O–H groups in total. The minimum absolute atomic E-state index is 0.562. The van der Waals surface area contributed by atoms with Gasteiger partial charge in [0, 0.05) is 16.1 Å². The molecule has 0 atom stereocenters. The number of fused-ring (bicyclic) bond motifs is 1. The summed E-state index contributed by atoms with van der Waals surface area (Å²) in [5, 5.41) is 1.14. The summed E-state index contributed by atoms with van der Waals surface area (Å²) in [6, 6.07) is 18.0. The highest BCUT2D eigenvalue weighted by atomic mass is 79.9. The van der Waals surface area contributed by atoms with E-state index in [2.05, 4.69) is 33.0 Å². The molecule has 0 unspecified atom stereocenters. The molecule has 0 amide bonds. The Bertz CT molecular complexity index is 694. The number of pyridine rings is 1. The van der Waals surface area contributed by atoms with Crippen LogP contribution in [0.4, 0.5) is 0 Å². The van der Waals surface area contributed by atoms with Gasteiger partial charge in [-0.1, -0.05) is 28.1 Å². The van der Waals surface area contributed by atoms with Gasteiger partial charge in [0.05, 0.1) is 5.52 Å². The Labute approximate surface area is 120 Å². The number of aromatic nitrogens is 1. The molecule has 2 nitrogen and oxygen atoms in total. The average molecular weight is 314 g/mol. The molecule has 94 valence electrons. The second-order valence-electron chi connectivity index (χ2n) is 4.27. The van der Waals surface area contributed by atoms with Gasteiger partial charge in [-0.2, -0.15) is 0 Å². The smallest absolute Gasteiger partial charge is 0.119 e. The Morgan fingerprint density at radius 2 is 1.84 bits per heavy atom. The third-order valence-corrected chi connectivity index (χ3v) is 3.42. The van der Waals surface area contributed by atoms with Crippen molar-refractivity contribution in [3.05, 3.63) is 70.8 Å². The summed E-state index contributed by atoms with van der Waals surface area (Å²) in [4.78, 5) is 4.30. The Balaban J connectivity index is 1.76. The van der Waals surface area contributed by atoms with E-state index in [0.29, 0.717) is 6.61 Å². The van der Waals surface area contributed by atoms with E-state index in [1.54, 1.807) is 6.20 Å². The van der Waals surface area contributed by atoms with Crippen molar-refractivity contribution in [2.45, 2.75) is 6.61 Å². The molecule has 0 aliphatic rings. The van der Waals surface area contributed by atoms with Gasteiger partial charge in [0.25, 0.3) is 0 Å². The van der Waals surface area contributed by atoms with Crippen LogP contribution in [-0.4, -0.2) is 4.98 Å². The Kier molecular flexibility index (Phi) is 3.47. The van der Waals surface area contributed by atoms with Crippen molar-refractivity contribution in [2.24, 2.45) is 0 Å². The highest BCUT2D eigenvalue weighted by molar-refractivity contribution is 9.10. The van der Waals surface area contributed by atoms with Gasteiger partial charge in [0.2, 0.25) is 0 Å². The highest BCUT2D eigenvalue weighted by Crippen LogP contribution is 2.19. The molecule has 0 fully saturated rings. The van der Waals surface area contributed by atoms with E-state index in [1.807, 2.05) is 42.5 Å². The van der Waals surface area contributed by atoms with Gasteiger partial charge in [-0.15, -0.1) is 0 Å². The monoisotopic (exact) mass is 313 g/mol. The zero-order valence-corrected chi connectivity index (χ0v) is 11.8. The van der Waals surface area contributed by atoms with E-state index >= 15 is 0 Å². The molecule has 1 heterocycles. The molecular formula is C16H12BrNO. The van der Waals surface area contributed by atoms with Crippen LogP contribution in [0.2, 0.25) is 0 Å². The molecule has 0 saturated carbocycles.